The van der Waals surface area contributed by atoms with Crippen LogP contribution in [0.1, 0.15) is 45.6 Å². The summed E-state index contributed by atoms with van der Waals surface area (Å²) in [6.07, 6.45) is -4.62. The lowest BCUT2D eigenvalue weighted by Crippen LogP contribution is -2.28. The summed E-state index contributed by atoms with van der Waals surface area (Å²) in [5.41, 5.74) is -1.24. The van der Waals surface area contributed by atoms with Gasteiger partial charge in [-0.05, 0) is 25.0 Å². The molecule has 0 radical (unpaired) electrons. The van der Waals surface area contributed by atoms with Gasteiger partial charge in [-0.1, -0.05) is 0 Å². The second-order valence-corrected chi connectivity index (χ2v) is 6.72. The third-order valence-corrected chi connectivity index (χ3v) is 4.65. The van der Waals surface area contributed by atoms with Crippen LogP contribution in [0.3, 0.4) is 0 Å². The Bertz CT molecular complexity index is 1120. The van der Waals surface area contributed by atoms with E-state index in [1.54, 1.807) is 0 Å². The normalized spacial score (nSPS) is 16.3. The molecule has 0 aliphatic heterocycles. The molecule has 0 aromatic carbocycles. The predicted octanol–water partition coefficient (Wildman–Crippen LogP) is 3.51. The molecule has 0 saturated heterocycles. The molecule has 0 saturated carbocycles. The molecule has 3 aromatic heterocycles. The van der Waals surface area contributed by atoms with Gasteiger partial charge in [-0.3, -0.25) is 9.78 Å². The van der Waals surface area contributed by atoms with Gasteiger partial charge in [-0.2, -0.15) is 31.4 Å². The van der Waals surface area contributed by atoms with Crippen molar-refractivity contribution in [3.8, 4) is 5.69 Å². The van der Waals surface area contributed by atoms with Crippen molar-refractivity contribution >= 4 is 5.91 Å². The molecule has 13 heteroatoms. The molecule has 1 N–H and O–H groups in total. The Labute approximate surface area is 170 Å². The molecule has 1 amide bonds. The third kappa shape index (κ3) is 4.20. The first kappa shape index (κ1) is 20.8. The number of alkyl halides is 6. The SMILES string of the molecule is O=C(N[C@H]1CCc2nn(-c3ccnc(C(F)(F)F)c3)cc21)c1cnc(C(F)(F)F)cn1. The van der Waals surface area contributed by atoms with Gasteiger partial charge in [0.25, 0.3) is 5.91 Å². The zero-order valence-corrected chi connectivity index (χ0v) is 15.4. The summed E-state index contributed by atoms with van der Waals surface area (Å²) in [5.74, 6) is -0.727. The molecule has 3 heterocycles. The van der Waals surface area contributed by atoms with Crippen LogP contribution >= 0.6 is 0 Å². The maximum Gasteiger partial charge on any atom is 0.434 e. The van der Waals surface area contributed by atoms with E-state index in [4.69, 9.17) is 0 Å². The van der Waals surface area contributed by atoms with Gasteiger partial charge in [0.2, 0.25) is 0 Å². The van der Waals surface area contributed by atoms with Crippen molar-refractivity contribution in [1.29, 1.82) is 0 Å². The largest absolute Gasteiger partial charge is 0.434 e. The average Bonchev–Trinajstić information content (AvgIpc) is 3.29. The number of aryl methyl sites for hydroxylation is 1. The summed E-state index contributed by atoms with van der Waals surface area (Å²) in [4.78, 5) is 22.3. The Morgan fingerprint density at radius 3 is 2.42 bits per heavy atom. The maximum absolute atomic E-state index is 12.9. The summed E-state index contributed by atoms with van der Waals surface area (Å²) in [6, 6.07) is 1.69. The Hall–Kier alpha value is -3.51. The Kier molecular flexibility index (Phi) is 4.90. The Balaban J connectivity index is 1.52. The molecule has 0 bridgehead atoms. The van der Waals surface area contributed by atoms with Crippen LogP contribution < -0.4 is 5.32 Å². The van der Waals surface area contributed by atoms with Gasteiger partial charge in [-0.15, -0.1) is 0 Å². The fourth-order valence-electron chi connectivity index (χ4n) is 3.17. The molecule has 0 fully saturated rings. The lowest BCUT2D eigenvalue weighted by atomic mass is 10.2. The van der Waals surface area contributed by atoms with E-state index < -0.39 is 35.7 Å². The molecule has 4 rings (SSSR count). The van der Waals surface area contributed by atoms with E-state index >= 15 is 0 Å². The van der Waals surface area contributed by atoms with Crippen LogP contribution in [-0.4, -0.2) is 30.6 Å². The molecule has 1 aliphatic rings. The Morgan fingerprint density at radius 1 is 1.03 bits per heavy atom. The van der Waals surface area contributed by atoms with Crippen molar-refractivity contribution in [3.05, 3.63) is 65.3 Å². The molecule has 0 unspecified atom stereocenters. The quantitative estimate of drug-likeness (QED) is 0.628. The summed E-state index contributed by atoms with van der Waals surface area (Å²) in [5, 5.41) is 6.91. The maximum atomic E-state index is 12.9. The number of halogens is 6. The number of carbonyl (C=O) groups excluding carboxylic acids is 1. The first-order valence-corrected chi connectivity index (χ1v) is 8.84. The molecular formula is C18H12F6N6O. The van der Waals surface area contributed by atoms with Crippen molar-refractivity contribution in [2.75, 3.05) is 0 Å². The van der Waals surface area contributed by atoms with Crippen LogP contribution in [0.15, 0.2) is 36.9 Å². The van der Waals surface area contributed by atoms with Crippen LogP contribution in [0.2, 0.25) is 0 Å². The second kappa shape index (κ2) is 7.32. The Morgan fingerprint density at radius 2 is 1.77 bits per heavy atom. The smallest absolute Gasteiger partial charge is 0.344 e. The minimum atomic E-state index is -4.67. The van der Waals surface area contributed by atoms with Gasteiger partial charge >= 0.3 is 12.4 Å². The highest BCUT2D eigenvalue weighted by Gasteiger charge is 2.34. The summed E-state index contributed by atoms with van der Waals surface area (Å²) < 4.78 is 77.6. The highest BCUT2D eigenvalue weighted by Crippen LogP contribution is 2.33. The van der Waals surface area contributed by atoms with Gasteiger partial charge < -0.3 is 5.32 Å². The van der Waals surface area contributed by atoms with Crippen LogP contribution in [0, 0.1) is 0 Å². The number of pyridine rings is 1. The summed E-state index contributed by atoms with van der Waals surface area (Å²) >= 11 is 0. The number of rotatable bonds is 3. The van der Waals surface area contributed by atoms with E-state index in [2.05, 4.69) is 25.4 Å². The molecule has 7 nitrogen and oxygen atoms in total. The van der Waals surface area contributed by atoms with Gasteiger partial charge in [0.05, 0.1) is 29.8 Å². The molecule has 3 aromatic rings. The zero-order chi connectivity index (χ0) is 22.4. The first-order valence-electron chi connectivity index (χ1n) is 8.84. The van der Waals surface area contributed by atoms with Crippen LogP contribution in [0.25, 0.3) is 5.69 Å². The number of fused-ring (bicyclic) bond motifs is 1. The fourth-order valence-corrected chi connectivity index (χ4v) is 3.17. The van der Waals surface area contributed by atoms with Gasteiger partial charge in [0, 0.05) is 18.0 Å². The second-order valence-electron chi connectivity index (χ2n) is 6.72. The van der Waals surface area contributed by atoms with E-state index in [1.807, 2.05) is 0 Å². The zero-order valence-electron chi connectivity index (χ0n) is 15.4. The van der Waals surface area contributed by atoms with E-state index in [1.165, 1.54) is 16.9 Å². The first-order chi connectivity index (χ1) is 14.5. The van der Waals surface area contributed by atoms with Crippen LogP contribution in [-0.2, 0) is 18.8 Å². The minimum absolute atomic E-state index is 0.149. The lowest BCUT2D eigenvalue weighted by Gasteiger charge is -2.13. The number of hydrogen-bond donors (Lipinski definition) is 1. The van der Waals surface area contributed by atoms with Crippen LogP contribution in [0.4, 0.5) is 26.3 Å². The molecule has 1 aliphatic carbocycles. The van der Waals surface area contributed by atoms with Crippen molar-refractivity contribution in [2.24, 2.45) is 0 Å². The van der Waals surface area contributed by atoms with Crippen molar-refractivity contribution in [3.63, 3.8) is 0 Å². The monoisotopic (exact) mass is 442 g/mol. The highest BCUT2D eigenvalue weighted by atomic mass is 19.4. The lowest BCUT2D eigenvalue weighted by molar-refractivity contribution is -0.142. The van der Waals surface area contributed by atoms with Crippen LogP contribution in [0.5, 0.6) is 0 Å². The molecule has 162 valence electrons. The minimum Gasteiger partial charge on any atom is -0.344 e. The van der Waals surface area contributed by atoms with E-state index in [0.29, 0.717) is 30.3 Å². The van der Waals surface area contributed by atoms with Crippen molar-refractivity contribution < 1.29 is 31.1 Å². The fraction of sp³-hybridized carbons (Fsp3) is 0.278. The topological polar surface area (TPSA) is 85.6 Å². The van der Waals surface area contributed by atoms with Gasteiger partial charge in [0.1, 0.15) is 11.4 Å². The average molecular weight is 442 g/mol. The number of aromatic nitrogens is 5. The molecule has 1 atom stereocenters. The van der Waals surface area contributed by atoms with Gasteiger partial charge in [0.15, 0.2) is 5.69 Å². The number of nitrogens with one attached hydrogen (secondary N) is 1. The predicted molar refractivity (Wildman–Crippen MR) is 91.9 cm³/mol. The highest BCUT2D eigenvalue weighted by molar-refractivity contribution is 5.92. The number of hydrogen-bond acceptors (Lipinski definition) is 5. The number of amides is 1. The third-order valence-electron chi connectivity index (χ3n) is 4.65. The number of carbonyl (C=O) groups is 1. The molecule has 31 heavy (non-hydrogen) atoms. The van der Waals surface area contributed by atoms with E-state index in [9.17, 15) is 31.1 Å². The molecular weight excluding hydrogens is 430 g/mol. The standard InChI is InChI=1S/C18H12F6N6O/c19-17(20,21)14-5-9(3-4-25-14)30-8-10-11(1-2-12(10)29-30)28-16(31)13-6-27-15(7-26-13)18(22,23)24/h3-8,11H,1-2H2,(H,28,31)/t11-/m0/s1. The summed E-state index contributed by atoms with van der Waals surface area (Å²) in [7, 11) is 0. The van der Waals surface area contributed by atoms with Crippen molar-refractivity contribution in [2.45, 2.75) is 31.2 Å². The van der Waals surface area contributed by atoms with E-state index in [0.717, 1.165) is 18.5 Å². The molecule has 0 spiro atoms. The van der Waals surface area contributed by atoms with E-state index in [-0.39, 0.29) is 11.4 Å². The van der Waals surface area contributed by atoms with Crippen molar-refractivity contribution in [1.82, 2.24) is 30.0 Å². The van der Waals surface area contributed by atoms with Gasteiger partial charge in [-0.25, -0.2) is 14.6 Å². The summed E-state index contributed by atoms with van der Waals surface area (Å²) in [6.45, 7) is 0. The number of nitrogens with zero attached hydrogens (tertiary/aromatic N) is 5.